The van der Waals surface area contributed by atoms with Gasteiger partial charge in [-0.15, -0.1) is 0 Å². The van der Waals surface area contributed by atoms with Crippen LogP contribution >= 0.6 is 0 Å². The first-order valence-electron chi connectivity index (χ1n) is 13.3. The molecule has 1 atom stereocenters. The predicted octanol–water partition coefficient (Wildman–Crippen LogP) is 6.29. The number of carbonyl (C=O) groups excluding carboxylic acids is 1. The van der Waals surface area contributed by atoms with E-state index in [1.807, 2.05) is 60.7 Å². The van der Waals surface area contributed by atoms with Gasteiger partial charge in [-0.3, -0.25) is 4.79 Å². The molecule has 0 spiro atoms. The summed E-state index contributed by atoms with van der Waals surface area (Å²) in [6, 6.07) is 25.3. The van der Waals surface area contributed by atoms with Crippen molar-refractivity contribution < 1.29 is 39.2 Å². The highest BCUT2D eigenvalue weighted by atomic mass is 16.5. The molecule has 0 radical (unpaired) electrons. The molecule has 0 aromatic heterocycles. The number of ether oxygens (including phenoxy) is 1. The molecule has 9 nitrogen and oxygen atoms in total. The average Bonchev–Trinajstić information content (AvgIpc) is 2.99. The van der Waals surface area contributed by atoms with Gasteiger partial charge in [0.05, 0.1) is 28.3 Å². The van der Waals surface area contributed by atoms with Crippen LogP contribution in [0.15, 0.2) is 91.0 Å². The van der Waals surface area contributed by atoms with E-state index in [1.165, 1.54) is 4.90 Å². The Morgan fingerprint density at radius 1 is 0.690 bits per heavy atom. The summed E-state index contributed by atoms with van der Waals surface area (Å²) >= 11 is 0. The number of rotatable bonds is 9. The number of amides is 1. The smallest absolute Gasteiger partial charge is 0.336 e. The van der Waals surface area contributed by atoms with Crippen LogP contribution in [0.5, 0.6) is 11.5 Å². The molecule has 1 aliphatic rings. The van der Waals surface area contributed by atoms with Crippen LogP contribution in [-0.2, 0) is 13.0 Å². The van der Waals surface area contributed by atoms with E-state index in [4.69, 9.17) is 4.74 Å². The third kappa shape index (κ3) is 5.85. The zero-order chi connectivity index (χ0) is 29.8. The lowest BCUT2D eigenvalue weighted by Gasteiger charge is -2.36. The zero-order valence-electron chi connectivity index (χ0n) is 22.4. The monoisotopic (exact) mass is 565 g/mol. The van der Waals surface area contributed by atoms with Crippen LogP contribution in [-0.4, -0.2) is 44.0 Å². The molecular weight excluding hydrogens is 538 g/mol. The number of carboxylic acid groups (broad SMARTS) is 3. The van der Waals surface area contributed by atoms with E-state index in [1.54, 1.807) is 18.2 Å². The fraction of sp³-hybridized carbons (Fsp3) is 0.152. The Hall–Kier alpha value is -5.44. The lowest BCUT2D eigenvalue weighted by atomic mass is 9.86. The number of hydrogen-bond acceptors (Lipinski definition) is 5. The molecule has 1 aliphatic carbocycles. The first-order chi connectivity index (χ1) is 20.2. The Bertz CT molecular complexity index is 1680. The number of para-hydroxylation sites is 1. The van der Waals surface area contributed by atoms with E-state index in [0.29, 0.717) is 23.5 Å². The highest BCUT2D eigenvalue weighted by molar-refractivity contribution is 6.10. The second kappa shape index (κ2) is 12.0. The first kappa shape index (κ1) is 28.1. The van der Waals surface area contributed by atoms with Gasteiger partial charge < -0.3 is 25.0 Å². The number of aryl methyl sites for hydroxylation is 1. The second-order valence-corrected chi connectivity index (χ2v) is 9.96. The molecule has 3 N–H and O–H groups in total. The van der Waals surface area contributed by atoms with Gasteiger partial charge in [-0.05, 0) is 72.4 Å². The highest BCUT2D eigenvalue weighted by Gasteiger charge is 2.33. The molecule has 1 amide bonds. The van der Waals surface area contributed by atoms with Crippen molar-refractivity contribution in [2.45, 2.75) is 31.8 Å². The molecule has 42 heavy (non-hydrogen) atoms. The standard InChI is InChI=1S/C33H27NO8/c35-30(25-17-27(32(38)39)28(33(40)41)18-26(25)31(36)37)34(29-15-7-10-21-9-4-5-14-24(21)29)19-20-8-6-13-23(16-20)42-22-11-2-1-3-12-22/h1-6,8-9,11-14,16-18,29H,7,10,15,19H2,(H,36,37)(H,38,39)(H,40,41). The van der Waals surface area contributed by atoms with Crippen LogP contribution in [0, 0.1) is 0 Å². The Kier molecular flexibility index (Phi) is 8.01. The second-order valence-electron chi connectivity index (χ2n) is 9.96. The maximum Gasteiger partial charge on any atom is 0.336 e. The number of benzene rings is 4. The largest absolute Gasteiger partial charge is 0.478 e. The molecule has 0 saturated carbocycles. The van der Waals surface area contributed by atoms with Crippen LogP contribution in [0.1, 0.15) is 77.0 Å². The molecular formula is C33H27NO8. The van der Waals surface area contributed by atoms with E-state index in [2.05, 4.69) is 0 Å². The van der Waals surface area contributed by atoms with Crippen molar-refractivity contribution in [3.05, 3.63) is 130 Å². The van der Waals surface area contributed by atoms with Gasteiger partial charge in [0.2, 0.25) is 0 Å². The minimum atomic E-state index is -1.61. The molecule has 0 heterocycles. The SMILES string of the molecule is O=C(O)c1cc(C(=O)O)c(C(=O)N(Cc2cccc(Oc3ccccc3)c2)C2CCCc3ccccc32)cc1C(=O)O. The van der Waals surface area contributed by atoms with Gasteiger partial charge in [0.25, 0.3) is 5.91 Å². The Balaban J connectivity index is 1.60. The summed E-state index contributed by atoms with van der Waals surface area (Å²) in [5, 5.41) is 29.2. The number of carboxylic acids is 3. The summed E-state index contributed by atoms with van der Waals surface area (Å²) < 4.78 is 5.97. The van der Waals surface area contributed by atoms with E-state index >= 15 is 0 Å². The van der Waals surface area contributed by atoms with Crippen molar-refractivity contribution in [2.75, 3.05) is 0 Å². The fourth-order valence-corrected chi connectivity index (χ4v) is 5.37. The van der Waals surface area contributed by atoms with Crippen molar-refractivity contribution in [2.24, 2.45) is 0 Å². The van der Waals surface area contributed by atoms with E-state index < -0.39 is 52.1 Å². The zero-order valence-corrected chi connectivity index (χ0v) is 22.4. The predicted molar refractivity (Wildman–Crippen MR) is 152 cm³/mol. The lowest BCUT2D eigenvalue weighted by molar-refractivity contribution is 0.0611. The quantitative estimate of drug-likeness (QED) is 0.215. The van der Waals surface area contributed by atoms with Crippen molar-refractivity contribution >= 4 is 23.8 Å². The summed E-state index contributed by atoms with van der Waals surface area (Å²) in [5.74, 6) is -4.28. The lowest BCUT2D eigenvalue weighted by Crippen LogP contribution is -2.37. The van der Waals surface area contributed by atoms with E-state index in [-0.39, 0.29) is 6.54 Å². The summed E-state index contributed by atoms with van der Waals surface area (Å²) in [6.45, 7) is 0.0615. The summed E-state index contributed by atoms with van der Waals surface area (Å²) in [4.78, 5) is 51.8. The van der Waals surface area contributed by atoms with Crippen molar-refractivity contribution in [1.82, 2.24) is 4.90 Å². The fourth-order valence-electron chi connectivity index (χ4n) is 5.37. The van der Waals surface area contributed by atoms with Gasteiger partial charge in [0.15, 0.2) is 0 Å². The maximum atomic E-state index is 14.3. The molecule has 9 heteroatoms. The third-order valence-electron chi connectivity index (χ3n) is 7.28. The number of nitrogens with zero attached hydrogens (tertiary/aromatic N) is 1. The number of carbonyl (C=O) groups is 4. The normalized spacial score (nSPS) is 14.0. The molecule has 0 fully saturated rings. The number of aromatic carboxylic acids is 3. The van der Waals surface area contributed by atoms with E-state index in [0.717, 1.165) is 36.1 Å². The molecule has 0 aliphatic heterocycles. The molecule has 1 unspecified atom stereocenters. The maximum absolute atomic E-state index is 14.3. The van der Waals surface area contributed by atoms with Gasteiger partial charge in [-0.1, -0.05) is 54.6 Å². The molecule has 4 aromatic rings. The van der Waals surface area contributed by atoms with Gasteiger partial charge >= 0.3 is 17.9 Å². The highest BCUT2D eigenvalue weighted by Crippen LogP contribution is 2.37. The molecule has 212 valence electrons. The van der Waals surface area contributed by atoms with Crippen LogP contribution in [0.4, 0.5) is 0 Å². The third-order valence-corrected chi connectivity index (χ3v) is 7.28. The van der Waals surface area contributed by atoms with Gasteiger partial charge in [-0.25, -0.2) is 14.4 Å². The van der Waals surface area contributed by atoms with Gasteiger partial charge in [0.1, 0.15) is 11.5 Å². The minimum Gasteiger partial charge on any atom is -0.478 e. The first-order valence-corrected chi connectivity index (χ1v) is 13.3. The van der Waals surface area contributed by atoms with Crippen LogP contribution < -0.4 is 4.74 Å². The molecule has 0 saturated heterocycles. The van der Waals surface area contributed by atoms with Gasteiger partial charge in [0, 0.05) is 6.54 Å². The van der Waals surface area contributed by atoms with Crippen LogP contribution in [0.3, 0.4) is 0 Å². The Morgan fingerprint density at radius 3 is 1.98 bits per heavy atom. The van der Waals surface area contributed by atoms with Crippen molar-refractivity contribution in [3.63, 3.8) is 0 Å². The van der Waals surface area contributed by atoms with Gasteiger partial charge in [-0.2, -0.15) is 0 Å². The Morgan fingerprint density at radius 2 is 1.29 bits per heavy atom. The Labute approximate surface area is 241 Å². The van der Waals surface area contributed by atoms with Crippen molar-refractivity contribution in [1.29, 1.82) is 0 Å². The summed E-state index contributed by atoms with van der Waals surface area (Å²) in [6.07, 6.45) is 2.21. The van der Waals surface area contributed by atoms with Crippen molar-refractivity contribution in [3.8, 4) is 11.5 Å². The summed E-state index contributed by atoms with van der Waals surface area (Å²) in [5.41, 5.74) is 0.333. The van der Waals surface area contributed by atoms with Crippen LogP contribution in [0.2, 0.25) is 0 Å². The number of hydrogen-bond donors (Lipinski definition) is 3. The topological polar surface area (TPSA) is 141 Å². The summed E-state index contributed by atoms with van der Waals surface area (Å²) in [7, 11) is 0. The molecule has 4 aromatic carbocycles. The number of fused-ring (bicyclic) bond motifs is 1. The average molecular weight is 566 g/mol. The molecule has 5 rings (SSSR count). The van der Waals surface area contributed by atoms with Crippen LogP contribution in [0.25, 0.3) is 0 Å². The molecule has 0 bridgehead atoms. The minimum absolute atomic E-state index is 0.0615. The van der Waals surface area contributed by atoms with E-state index in [9.17, 15) is 34.5 Å².